The molecule has 652 valence electrons. The molecular weight excluding hydrogens is 1720 g/mol. The Kier molecular flexibility index (Phi) is 24.0. The topological polar surface area (TPSA) is 9.72 Å². The summed E-state index contributed by atoms with van der Waals surface area (Å²) >= 11 is 5.60. The summed E-state index contributed by atoms with van der Waals surface area (Å²) in [5, 5.41) is 7.97. The molecule has 0 fully saturated rings. The van der Waals surface area contributed by atoms with Crippen LogP contribution in [0.15, 0.2) is 552 Å². The predicted octanol–water partition coefficient (Wildman–Crippen LogP) is 39.2. The number of benzene rings is 22. The smallest absolute Gasteiger partial charge is 0.0462 e. The highest BCUT2D eigenvalue weighted by molar-refractivity contribution is 7.27. The number of rotatable bonds is 19. The summed E-state index contributed by atoms with van der Waals surface area (Å²) in [6.45, 7) is 0. The molecule has 3 nitrogen and oxygen atoms in total. The summed E-state index contributed by atoms with van der Waals surface area (Å²) in [6.07, 6.45) is 0. The normalized spacial score (nSPS) is 11.2. The van der Waals surface area contributed by atoms with Gasteiger partial charge in [0.05, 0.1) is 0 Å². The van der Waals surface area contributed by atoms with E-state index >= 15 is 0 Å². The second-order valence-corrected chi connectivity index (χ2v) is 37.8. The Balaban J connectivity index is 0.000000116. The molecule has 0 spiro atoms. The van der Waals surface area contributed by atoms with Crippen molar-refractivity contribution in [1.29, 1.82) is 0 Å². The molecule has 0 radical (unpaired) electrons. The van der Waals surface area contributed by atoms with Crippen molar-refractivity contribution in [3.63, 3.8) is 0 Å². The number of thiophene rings is 3. The second-order valence-electron chi connectivity index (χ2n) is 34.6. The maximum Gasteiger partial charge on any atom is 0.0462 e. The number of fused-ring (bicyclic) bond motifs is 9. The van der Waals surface area contributed by atoms with Gasteiger partial charge in [-0.25, -0.2) is 0 Å². The molecule has 0 atom stereocenters. The Labute approximate surface area is 817 Å². The molecule has 0 unspecified atom stereocenters. The summed E-state index contributed by atoms with van der Waals surface area (Å²) in [5.41, 5.74) is 34.5. The zero-order chi connectivity index (χ0) is 91.9. The van der Waals surface area contributed by atoms with Gasteiger partial charge in [0, 0.05) is 112 Å². The van der Waals surface area contributed by atoms with E-state index in [0.29, 0.717) is 0 Å². The number of hydrogen-bond acceptors (Lipinski definition) is 6. The first-order valence-corrected chi connectivity index (χ1v) is 49.3. The quantitative estimate of drug-likeness (QED) is 0.0799. The molecule has 25 rings (SSSR count). The standard InChI is InChI=1S/C48H33NS.2C42H29NS/c1-3-9-34(10-4-1)37-19-26-42(27-20-37)49(43-28-21-38(22-29-43)35-11-5-2-6-12-35)44-30-23-39(24-31-44)36-15-17-40(18-16-36)41-25-32-48-46(33-41)45-13-7-8-14-47(45)50-48;1-3-10-30(11-4-1)32-18-24-35(25-19-32)43(36-26-20-33(21-27-36)31-12-5-2-6-13-31)37-28-22-34(23-29-37)38-15-9-16-40-39-14-7-8-17-41(39)44-42(38)40;1-3-9-30(10-4-1)32-15-22-36(23-16-32)43(37-24-17-33(18-25-37)31-11-5-2-6-12-31)38-26-19-34(20-27-38)35-21-28-42-40(29-35)39-13-7-8-14-41(39)44-42/h1-33H;2*1-29H. The summed E-state index contributed by atoms with van der Waals surface area (Å²) in [4.78, 5) is 7.01. The van der Waals surface area contributed by atoms with E-state index in [9.17, 15) is 0 Å². The van der Waals surface area contributed by atoms with Crippen molar-refractivity contribution >= 4 is 146 Å². The third-order valence-corrected chi connectivity index (χ3v) is 29.6. The highest BCUT2D eigenvalue weighted by Gasteiger charge is 2.21. The van der Waals surface area contributed by atoms with Crippen molar-refractivity contribution in [3.05, 3.63) is 552 Å². The first-order chi connectivity index (χ1) is 68.4. The van der Waals surface area contributed by atoms with Gasteiger partial charge < -0.3 is 14.7 Å². The van der Waals surface area contributed by atoms with Gasteiger partial charge in [-0.2, -0.15) is 0 Å². The van der Waals surface area contributed by atoms with E-state index in [0.717, 1.165) is 51.2 Å². The Morgan fingerprint density at radius 3 is 0.536 bits per heavy atom. The van der Waals surface area contributed by atoms with Crippen molar-refractivity contribution in [2.45, 2.75) is 0 Å². The maximum atomic E-state index is 2.34. The van der Waals surface area contributed by atoms with Crippen molar-refractivity contribution in [2.75, 3.05) is 14.7 Å². The van der Waals surface area contributed by atoms with Crippen LogP contribution in [0.3, 0.4) is 0 Å². The van der Waals surface area contributed by atoms with Gasteiger partial charge >= 0.3 is 0 Å². The molecule has 0 saturated heterocycles. The van der Waals surface area contributed by atoms with E-state index in [4.69, 9.17) is 0 Å². The van der Waals surface area contributed by atoms with E-state index in [1.165, 1.54) is 172 Å². The van der Waals surface area contributed by atoms with Gasteiger partial charge in [0.15, 0.2) is 0 Å². The minimum absolute atomic E-state index is 1.11. The third-order valence-electron chi connectivity index (χ3n) is 26.1. The van der Waals surface area contributed by atoms with E-state index in [1.54, 1.807) is 0 Å². The van der Waals surface area contributed by atoms with Crippen LogP contribution >= 0.6 is 34.0 Å². The molecule has 0 aliphatic rings. The van der Waals surface area contributed by atoms with Crippen molar-refractivity contribution in [2.24, 2.45) is 0 Å². The molecule has 0 bridgehead atoms. The second kappa shape index (κ2) is 38.8. The average Bonchev–Trinajstić information content (AvgIpc) is 1.67. The number of nitrogens with zero attached hydrogens (tertiary/aromatic N) is 3. The molecule has 3 aromatic heterocycles. The van der Waals surface area contributed by atoms with Crippen molar-refractivity contribution in [1.82, 2.24) is 0 Å². The third kappa shape index (κ3) is 17.9. The van der Waals surface area contributed by atoms with Gasteiger partial charge in [-0.3, -0.25) is 0 Å². The van der Waals surface area contributed by atoms with Crippen LogP contribution in [0.5, 0.6) is 0 Å². The van der Waals surface area contributed by atoms with Gasteiger partial charge in [-0.05, 0) is 263 Å². The molecule has 22 aromatic carbocycles. The van der Waals surface area contributed by atoms with Crippen LogP contribution in [0, 0.1) is 0 Å². The predicted molar refractivity (Wildman–Crippen MR) is 596 cm³/mol. The van der Waals surface area contributed by atoms with Gasteiger partial charge in [0.2, 0.25) is 0 Å². The van der Waals surface area contributed by atoms with Crippen LogP contribution in [-0.2, 0) is 0 Å². The fourth-order valence-corrected chi connectivity index (χ4v) is 22.4. The van der Waals surface area contributed by atoms with E-state index in [2.05, 4.69) is 567 Å². The van der Waals surface area contributed by atoms with Crippen LogP contribution in [-0.4, -0.2) is 0 Å². The molecule has 6 heteroatoms. The van der Waals surface area contributed by atoms with Crippen molar-refractivity contribution < 1.29 is 0 Å². The van der Waals surface area contributed by atoms with Gasteiger partial charge in [-0.15, -0.1) is 34.0 Å². The summed E-state index contributed by atoms with van der Waals surface area (Å²) in [6, 6.07) is 199. The van der Waals surface area contributed by atoms with E-state index in [-0.39, 0.29) is 0 Å². The van der Waals surface area contributed by atoms with Gasteiger partial charge in [0.25, 0.3) is 0 Å². The zero-order valence-corrected chi connectivity index (χ0v) is 78.1. The molecule has 0 aliphatic carbocycles. The Morgan fingerprint density at radius 1 is 0.109 bits per heavy atom. The van der Waals surface area contributed by atoms with Crippen LogP contribution < -0.4 is 14.7 Å². The van der Waals surface area contributed by atoms with Crippen LogP contribution in [0.25, 0.3) is 172 Å². The van der Waals surface area contributed by atoms with Crippen LogP contribution in [0.4, 0.5) is 51.2 Å². The molecular formula is C132H91N3S3. The minimum Gasteiger partial charge on any atom is -0.311 e. The lowest BCUT2D eigenvalue weighted by Gasteiger charge is -2.26. The summed E-state index contributed by atoms with van der Waals surface area (Å²) in [5.74, 6) is 0. The number of anilines is 9. The van der Waals surface area contributed by atoms with E-state index < -0.39 is 0 Å². The maximum absolute atomic E-state index is 2.34. The molecule has 3 heterocycles. The molecule has 0 N–H and O–H groups in total. The van der Waals surface area contributed by atoms with Gasteiger partial charge in [-0.1, -0.05) is 400 Å². The highest BCUT2D eigenvalue weighted by Crippen LogP contribution is 2.47. The van der Waals surface area contributed by atoms with Crippen LogP contribution in [0.2, 0.25) is 0 Å². The monoisotopic (exact) mass is 1810 g/mol. The van der Waals surface area contributed by atoms with E-state index in [1.807, 2.05) is 34.0 Å². The van der Waals surface area contributed by atoms with Crippen LogP contribution in [0.1, 0.15) is 0 Å². The largest absolute Gasteiger partial charge is 0.311 e. The summed E-state index contributed by atoms with van der Waals surface area (Å²) < 4.78 is 8.00. The first kappa shape index (κ1) is 85.1. The molecule has 0 aliphatic heterocycles. The molecule has 25 aromatic rings. The first-order valence-electron chi connectivity index (χ1n) is 46.9. The Hall–Kier alpha value is -17.1. The molecule has 0 saturated carbocycles. The molecule has 0 amide bonds. The summed E-state index contributed by atoms with van der Waals surface area (Å²) in [7, 11) is 0. The lowest BCUT2D eigenvalue weighted by Crippen LogP contribution is -2.09. The Bertz CT molecular complexity index is 8230. The Morgan fingerprint density at radius 2 is 0.283 bits per heavy atom. The lowest BCUT2D eigenvalue weighted by molar-refractivity contribution is 1.28. The van der Waals surface area contributed by atoms with Gasteiger partial charge in [0.1, 0.15) is 0 Å². The number of hydrogen-bond donors (Lipinski definition) is 0. The lowest BCUT2D eigenvalue weighted by atomic mass is 9.99. The van der Waals surface area contributed by atoms with Crippen molar-refractivity contribution in [3.8, 4) is 111 Å². The zero-order valence-electron chi connectivity index (χ0n) is 75.6. The fourth-order valence-electron chi connectivity index (χ4n) is 19.0. The minimum atomic E-state index is 1.11. The highest BCUT2D eigenvalue weighted by atomic mass is 32.1. The average molecular weight is 1820 g/mol. The SMILES string of the molecule is c1ccc(-c2ccc(N(c3ccc(-c4ccccc4)cc3)c3ccc(-c4ccc(-c5ccc6sc7ccccc7c6c5)cc4)cc3)cc2)cc1.c1ccc(-c2ccc(N(c3ccc(-c4ccccc4)cc3)c3ccc(-c4ccc5sc6ccccc6c5c4)cc3)cc2)cc1.c1ccc(-c2ccc(N(c3ccc(-c4ccccc4)cc3)c3ccc(-c4cccc5c4sc4ccccc45)cc3)cc2)cc1. The fraction of sp³-hybridized carbons (Fsp3) is 0. The molecule has 138 heavy (non-hydrogen) atoms.